The van der Waals surface area contributed by atoms with E-state index in [-0.39, 0.29) is 0 Å². The van der Waals surface area contributed by atoms with Crippen molar-refractivity contribution in [2.24, 2.45) is 47.3 Å². The van der Waals surface area contributed by atoms with Gasteiger partial charge in [-0.05, 0) is 73.0 Å². The second-order valence-corrected chi connectivity index (χ2v) is 7.61. The van der Waals surface area contributed by atoms with Gasteiger partial charge in [-0.1, -0.05) is 27.7 Å². The van der Waals surface area contributed by atoms with Crippen LogP contribution in [0.3, 0.4) is 0 Å². The number of rotatable bonds is 2. The Morgan fingerprint density at radius 3 is 1.00 bits per heavy atom. The zero-order valence-electron chi connectivity index (χ0n) is 11.4. The van der Waals surface area contributed by atoms with Gasteiger partial charge in [0.2, 0.25) is 0 Å². The molecular weight excluding hydrogens is 192 g/mol. The van der Waals surface area contributed by atoms with Crippen LogP contribution < -0.4 is 0 Å². The molecule has 0 spiro atoms. The molecule has 0 amide bonds. The quantitative estimate of drug-likeness (QED) is 0.638. The van der Waals surface area contributed by atoms with Crippen LogP contribution in [0, 0.1) is 47.3 Å². The second-order valence-electron chi connectivity index (χ2n) is 7.61. The third-order valence-corrected chi connectivity index (χ3v) is 6.39. The van der Waals surface area contributed by atoms with Crippen molar-refractivity contribution in [1.29, 1.82) is 0 Å². The smallest absolute Gasteiger partial charge is 0.0349 e. The summed E-state index contributed by atoms with van der Waals surface area (Å²) in [5.74, 6) is 8.63. The lowest BCUT2D eigenvalue weighted by molar-refractivity contribution is 0.0302. The van der Waals surface area contributed by atoms with Crippen molar-refractivity contribution < 1.29 is 0 Å². The topological polar surface area (TPSA) is 0 Å². The molecule has 0 aliphatic heterocycles. The molecule has 0 N–H and O–H groups in total. The molecule has 0 aromatic carbocycles. The first kappa shape index (κ1) is 11.1. The normalized spacial score (nSPS) is 50.6. The minimum atomic E-state index is 0.937. The Morgan fingerprint density at radius 1 is 0.562 bits per heavy atom. The van der Waals surface area contributed by atoms with Gasteiger partial charge in [0.1, 0.15) is 0 Å². The van der Waals surface area contributed by atoms with E-state index in [0.29, 0.717) is 0 Å². The van der Waals surface area contributed by atoms with Crippen molar-refractivity contribution in [2.75, 3.05) is 0 Å². The van der Waals surface area contributed by atoms with Crippen molar-refractivity contribution in [3.63, 3.8) is 0 Å². The van der Waals surface area contributed by atoms with Gasteiger partial charge in [-0.2, -0.15) is 0 Å². The maximum Gasteiger partial charge on any atom is -0.0349 e. The van der Waals surface area contributed by atoms with Crippen molar-refractivity contribution in [1.82, 2.24) is 0 Å². The van der Waals surface area contributed by atoms with Crippen LogP contribution in [-0.4, -0.2) is 0 Å². The molecule has 0 heterocycles. The van der Waals surface area contributed by atoms with E-state index >= 15 is 0 Å². The van der Waals surface area contributed by atoms with Gasteiger partial charge in [0.25, 0.3) is 0 Å². The Kier molecular flexibility index (Phi) is 2.60. The van der Waals surface area contributed by atoms with Crippen LogP contribution in [0.25, 0.3) is 0 Å². The highest BCUT2D eigenvalue weighted by Gasteiger charge is 2.58. The minimum absolute atomic E-state index is 0.937. The molecular formula is C16H28. The van der Waals surface area contributed by atoms with E-state index in [1.54, 1.807) is 25.7 Å². The summed E-state index contributed by atoms with van der Waals surface area (Å²) < 4.78 is 0. The fourth-order valence-electron chi connectivity index (χ4n) is 5.20. The van der Waals surface area contributed by atoms with Gasteiger partial charge in [0, 0.05) is 0 Å². The molecule has 0 bridgehead atoms. The lowest BCUT2D eigenvalue weighted by atomic mass is 9.60. The van der Waals surface area contributed by atoms with Crippen LogP contribution in [0.1, 0.15) is 53.4 Å². The summed E-state index contributed by atoms with van der Waals surface area (Å²) in [5, 5.41) is 0. The largest absolute Gasteiger partial charge is 0.0625 e. The maximum absolute atomic E-state index is 2.43. The molecule has 92 valence electrons. The van der Waals surface area contributed by atoms with Crippen LogP contribution in [0.15, 0.2) is 0 Å². The maximum atomic E-state index is 2.43. The van der Waals surface area contributed by atoms with Crippen LogP contribution in [-0.2, 0) is 0 Å². The van der Waals surface area contributed by atoms with Gasteiger partial charge in [-0.15, -0.1) is 0 Å². The van der Waals surface area contributed by atoms with Crippen LogP contribution in [0.2, 0.25) is 0 Å². The zero-order valence-corrected chi connectivity index (χ0v) is 11.4. The van der Waals surface area contributed by atoms with Crippen molar-refractivity contribution >= 4 is 0 Å². The fraction of sp³-hybridized carbons (Fsp3) is 1.00. The number of fused-ring (bicyclic) bond motifs is 4. The highest BCUT2D eigenvalue weighted by Crippen LogP contribution is 2.65. The zero-order chi connectivity index (χ0) is 11.4. The third kappa shape index (κ3) is 1.48. The van der Waals surface area contributed by atoms with Gasteiger partial charge in [0.15, 0.2) is 0 Å². The summed E-state index contributed by atoms with van der Waals surface area (Å²) in [7, 11) is 0. The third-order valence-electron chi connectivity index (χ3n) is 6.39. The van der Waals surface area contributed by atoms with Gasteiger partial charge in [-0.25, -0.2) is 0 Å². The molecule has 0 aromatic rings. The fourth-order valence-corrected chi connectivity index (χ4v) is 5.20. The van der Waals surface area contributed by atoms with Crippen molar-refractivity contribution in [3.05, 3.63) is 0 Å². The first-order chi connectivity index (χ1) is 7.58. The van der Waals surface area contributed by atoms with Crippen molar-refractivity contribution in [3.8, 4) is 0 Å². The van der Waals surface area contributed by atoms with E-state index in [2.05, 4.69) is 27.7 Å². The lowest BCUT2D eigenvalue weighted by Gasteiger charge is -2.45. The monoisotopic (exact) mass is 220 g/mol. The SMILES string of the molecule is CC(C)C1CC2C(C1)C1CC(C(C)C)CC21. The summed E-state index contributed by atoms with van der Waals surface area (Å²) >= 11 is 0. The molecule has 0 unspecified atom stereocenters. The summed E-state index contributed by atoms with van der Waals surface area (Å²) in [5.41, 5.74) is 0. The predicted octanol–water partition coefficient (Wildman–Crippen LogP) is 4.60. The summed E-state index contributed by atoms with van der Waals surface area (Å²) in [6, 6.07) is 0. The first-order valence-corrected chi connectivity index (χ1v) is 7.58. The number of hydrogen-bond donors (Lipinski definition) is 0. The van der Waals surface area contributed by atoms with E-state index in [0.717, 1.165) is 47.3 Å². The van der Waals surface area contributed by atoms with E-state index in [9.17, 15) is 0 Å². The van der Waals surface area contributed by atoms with E-state index in [1.165, 1.54) is 0 Å². The molecule has 0 saturated heterocycles. The molecule has 3 saturated carbocycles. The predicted molar refractivity (Wildman–Crippen MR) is 69.1 cm³/mol. The van der Waals surface area contributed by atoms with Gasteiger partial charge in [0.05, 0.1) is 0 Å². The van der Waals surface area contributed by atoms with Crippen LogP contribution >= 0.6 is 0 Å². The molecule has 0 aromatic heterocycles. The van der Waals surface area contributed by atoms with Crippen molar-refractivity contribution in [2.45, 2.75) is 53.4 Å². The minimum Gasteiger partial charge on any atom is -0.0625 e. The Labute approximate surface area is 101 Å². The standard InChI is InChI=1S/C16H28/c1-9(2)11-5-13-14(6-11)16-8-12(10(3)4)7-15(13)16/h9-16H,5-8H2,1-4H3. The highest BCUT2D eigenvalue weighted by atomic mass is 14.6. The Balaban J connectivity index is 1.64. The molecule has 3 rings (SSSR count). The first-order valence-electron chi connectivity index (χ1n) is 7.58. The molecule has 3 aliphatic carbocycles. The molecule has 3 aliphatic rings. The molecule has 0 atom stereocenters. The van der Waals surface area contributed by atoms with Gasteiger partial charge < -0.3 is 0 Å². The molecule has 0 nitrogen and oxygen atoms in total. The van der Waals surface area contributed by atoms with E-state index in [4.69, 9.17) is 0 Å². The molecule has 3 fully saturated rings. The Hall–Kier alpha value is 0. The summed E-state index contributed by atoms with van der Waals surface area (Å²) in [4.78, 5) is 0. The Bertz CT molecular complexity index is 209. The molecule has 16 heavy (non-hydrogen) atoms. The molecule has 0 radical (unpaired) electrons. The summed E-state index contributed by atoms with van der Waals surface area (Å²) in [6.07, 6.45) is 6.31. The van der Waals surface area contributed by atoms with E-state index in [1.807, 2.05) is 0 Å². The van der Waals surface area contributed by atoms with Crippen LogP contribution in [0.5, 0.6) is 0 Å². The average molecular weight is 220 g/mol. The highest BCUT2D eigenvalue weighted by molar-refractivity contribution is 5.07. The lowest BCUT2D eigenvalue weighted by Crippen LogP contribution is -2.39. The summed E-state index contributed by atoms with van der Waals surface area (Å²) in [6.45, 7) is 9.73. The second kappa shape index (κ2) is 3.75. The van der Waals surface area contributed by atoms with Gasteiger partial charge in [-0.3, -0.25) is 0 Å². The average Bonchev–Trinajstić information content (AvgIpc) is 2.72. The molecule has 0 heteroatoms. The van der Waals surface area contributed by atoms with E-state index < -0.39 is 0 Å². The number of hydrogen-bond acceptors (Lipinski definition) is 0. The Morgan fingerprint density at radius 2 is 0.812 bits per heavy atom. The van der Waals surface area contributed by atoms with Crippen LogP contribution in [0.4, 0.5) is 0 Å². The van der Waals surface area contributed by atoms with Gasteiger partial charge >= 0.3 is 0 Å².